The van der Waals surface area contributed by atoms with Crippen LogP contribution < -0.4 is 0 Å². The second kappa shape index (κ2) is 10.3. The van der Waals surface area contributed by atoms with Crippen LogP contribution in [0, 0.1) is 10.8 Å². The minimum atomic E-state index is -0.522. The molecular weight excluding hydrogens is 364 g/mol. The smallest absolute Gasteiger partial charge is 0.342 e. The minimum absolute atomic E-state index is 0.244. The minimum Gasteiger partial charge on any atom is -0.465 e. The summed E-state index contributed by atoms with van der Waals surface area (Å²) < 4.78 is 10.8. The molecule has 0 N–H and O–H groups in total. The number of benzene rings is 1. The fourth-order valence-corrected chi connectivity index (χ4v) is 3.43. The van der Waals surface area contributed by atoms with Gasteiger partial charge in [0.2, 0.25) is 0 Å². The molecule has 0 bridgehead atoms. The number of carbonyl (C=O) groups is 2. The lowest BCUT2D eigenvalue weighted by molar-refractivity contribution is -0.159. The lowest BCUT2D eigenvalue weighted by Crippen LogP contribution is -2.42. The topological polar surface area (TPSA) is 52.6 Å². The highest BCUT2D eigenvalue weighted by Crippen LogP contribution is 2.36. The summed E-state index contributed by atoms with van der Waals surface area (Å²) in [6, 6.07) is 9.51. The Morgan fingerprint density at radius 3 is 2.00 bits per heavy atom. The van der Waals surface area contributed by atoms with Gasteiger partial charge in [-0.05, 0) is 16.4 Å². The standard InChI is InChI=1S/C25H34O4/c1-9-13-19(22(27)29-23(24(2,3)4)25(5,6)7)17-20(21(26)28-8)16-18-14-11-10-12-15-18/h9-12,14-15,23H,1,13,16H2,2-8H3. The van der Waals surface area contributed by atoms with E-state index in [4.69, 9.17) is 9.47 Å². The van der Waals surface area contributed by atoms with Crippen molar-refractivity contribution in [2.45, 2.75) is 60.5 Å². The van der Waals surface area contributed by atoms with Crippen LogP contribution >= 0.6 is 0 Å². The van der Waals surface area contributed by atoms with Crippen molar-refractivity contribution in [3.63, 3.8) is 0 Å². The second-order valence-corrected chi connectivity index (χ2v) is 9.25. The van der Waals surface area contributed by atoms with E-state index in [1.54, 1.807) is 6.08 Å². The van der Waals surface area contributed by atoms with E-state index in [1.807, 2.05) is 71.9 Å². The third-order valence-electron chi connectivity index (χ3n) is 4.35. The molecule has 158 valence electrons. The van der Waals surface area contributed by atoms with Crippen LogP contribution in [0.5, 0.6) is 0 Å². The van der Waals surface area contributed by atoms with Crippen LogP contribution in [0.15, 0.2) is 59.9 Å². The van der Waals surface area contributed by atoms with E-state index >= 15 is 0 Å². The number of carbonyl (C=O) groups excluding carboxylic acids is 2. The predicted molar refractivity (Wildman–Crippen MR) is 116 cm³/mol. The molecule has 0 unspecified atom stereocenters. The Morgan fingerprint density at radius 2 is 1.55 bits per heavy atom. The molecule has 29 heavy (non-hydrogen) atoms. The van der Waals surface area contributed by atoms with Gasteiger partial charge in [-0.2, -0.15) is 0 Å². The molecule has 0 aromatic heterocycles. The summed E-state index contributed by atoms with van der Waals surface area (Å²) in [7, 11) is 1.32. The van der Waals surface area contributed by atoms with Gasteiger partial charge in [-0.1, -0.05) is 83.7 Å². The SMILES string of the molecule is C=CCC(=C=C(Cc1ccccc1)C(=O)OC)C(=O)OC(C(C)(C)C)C(C)(C)C. The Balaban J connectivity index is 3.39. The molecule has 0 spiro atoms. The normalized spacial score (nSPS) is 11.4. The van der Waals surface area contributed by atoms with Crippen molar-refractivity contribution in [1.29, 1.82) is 0 Å². The molecule has 4 nitrogen and oxygen atoms in total. The average molecular weight is 399 g/mol. The monoisotopic (exact) mass is 398 g/mol. The Morgan fingerprint density at radius 1 is 1.00 bits per heavy atom. The summed E-state index contributed by atoms with van der Waals surface area (Å²) in [5.74, 6) is -1.01. The van der Waals surface area contributed by atoms with Gasteiger partial charge in [0.05, 0.1) is 18.3 Å². The molecule has 0 saturated heterocycles. The highest BCUT2D eigenvalue weighted by atomic mass is 16.5. The molecule has 0 aliphatic heterocycles. The average Bonchev–Trinajstić information content (AvgIpc) is 2.63. The van der Waals surface area contributed by atoms with Gasteiger partial charge in [-0.25, -0.2) is 9.59 Å². The Bertz CT molecular complexity index is 768. The van der Waals surface area contributed by atoms with Gasteiger partial charge in [-0.15, -0.1) is 6.58 Å². The van der Waals surface area contributed by atoms with Crippen LogP contribution in [0.3, 0.4) is 0 Å². The van der Waals surface area contributed by atoms with E-state index in [0.717, 1.165) is 5.56 Å². The van der Waals surface area contributed by atoms with E-state index in [2.05, 4.69) is 12.3 Å². The number of ether oxygens (including phenoxy) is 2. The molecule has 0 amide bonds. The van der Waals surface area contributed by atoms with Gasteiger partial charge < -0.3 is 9.47 Å². The number of allylic oxidation sites excluding steroid dienone is 1. The van der Waals surface area contributed by atoms with E-state index in [1.165, 1.54) is 7.11 Å². The first-order valence-electron chi connectivity index (χ1n) is 9.83. The fourth-order valence-electron chi connectivity index (χ4n) is 3.43. The van der Waals surface area contributed by atoms with Crippen molar-refractivity contribution in [3.05, 3.63) is 65.4 Å². The molecule has 0 fully saturated rings. The molecular formula is C25H34O4. The van der Waals surface area contributed by atoms with Crippen molar-refractivity contribution in [2.75, 3.05) is 7.11 Å². The third-order valence-corrected chi connectivity index (χ3v) is 4.35. The molecule has 0 atom stereocenters. The third kappa shape index (κ3) is 7.75. The molecule has 1 rings (SSSR count). The number of esters is 2. The van der Waals surface area contributed by atoms with Gasteiger partial charge in [0.25, 0.3) is 0 Å². The van der Waals surface area contributed by atoms with Gasteiger partial charge in [0.1, 0.15) is 6.10 Å². The zero-order valence-electron chi connectivity index (χ0n) is 18.8. The lowest BCUT2D eigenvalue weighted by Gasteiger charge is -2.39. The van der Waals surface area contributed by atoms with Crippen molar-refractivity contribution >= 4 is 11.9 Å². The molecule has 0 aliphatic rings. The highest BCUT2D eigenvalue weighted by Gasteiger charge is 2.38. The van der Waals surface area contributed by atoms with Crippen molar-refractivity contribution in [2.24, 2.45) is 10.8 Å². The zero-order valence-corrected chi connectivity index (χ0v) is 18.8. The number of hydrogen-bond acceptors (Lipinski definition) is 4. The van der Waals surface area contributed by atoms with E-state index in [0.29, 0.717) is 6.42 Å². The fraction of sp³-hybridized carbons (Fsp3) is 0.480. The summed E-state index contributed by atoms with van der Waals surface area (Å²) in [6.07, 6.45) is 1.84. The zero-order chi connectivity index (χ0) is 22.2. The van der Waals surface area contributed by atoms with E-state index < -0.39 is 11.9 Å². The Kier molecular flexibility index (Phi) is 8.66. The second-order valence-electron chi connectivity index (χ2n) is 9.25. The summed E-state index contributed by atoms with van der Waals surface area (Å²) in [5.41, 5.74) is 3.95. The van der Waals surface area contributed by atoms with Crippen LogP contribution in [0.1, 0.15) is 53.5 Å². The summed E-state index contributed by atoms with van der Waals surface area (Å²) in [5, 5.41) is 0. The van der Waals surface area contributed by atoms with Crippen molar-refractivity contribution in [1.82, 2.24) is 0 Å². The van der Waals surface area contributed by atoms with Gasteiger partial charge in [0.15, 0.2) is 0 Å². The van der Waals surface area contributed by atoms with Crippen LogP contribution in [0.4, 0.5) is 0 Å². The van der Waals surface area contributed by atoms with Crippen LogP contribution in [0.25, 0.3) is 0 Å². The quantitative estimate of drug-likeness (QED) is 0.266. The van der Waals surface area contributed by atoms with E-state index in [-0.39, 0.29) is 34.5 Å². The molecule has 0 radical (unpaired) electrons. The van der Waals surface area contributed by atoms with Gasteiger partial charge in [0, 0.05) is 12.8 Å². The van der Waals surface area contributed by atoms with Gasteiger partial charge >= 0.3 is 11.9 Å². The molecule has 0 heterocycles. The first-order valence-corrected chi connectivity index (χ1v) is 9.83. The van der Waals surface area contributed by atoms with E-state index in [9.17, 15) is 9.59 Å². The molecule has 0 aliphatic carbocycles. The van der Waals surface area contributed by atoms with Crippen LogP contribution in [-0.4, -0.2) is 25.2 Å². The maximum absolute atomic E-state index is 13.0. The Labute approximate surface area is 175 Å². The number of hydrogen-bond donors (Lipinski definition) is 0. The first kappa shape index (κ1) is 24.5. The maximum atomic E-state index is 13.0. The molecule has 1 aromatic rings. The predicted octanol–water partition coefficient (Wildman–Crippen LogP) is 5.43. The number of rotatable bonds is 7. The molecule has 0 saturated carbocycles. The molecule has 4 heteroatoms. The summed E-state index contributed by atoms with van der Waals surface area (Å²) >= 11 is 0. The first-order chi connectivity index (χ1) is 13.4. The summed E-state index contributed by atoms with van der Waals surface area (Å²) in [6.45, 7) is 16.0. The van der Waals surface area contributed by atoms with Crippen LogP contribution in [0.2, 0.25) is 0 Å². The molecule has 1 aromatic carbocycles. The van der Waals surface area contributed by atoms with Crippen molar-refractivity contribution < 1.29 is 19.1 Å². The van der Waals surface area contributed by atoms with Crippen LogP contribution in [-0.2, 0) is 25.5 Å². The number of methoxy groups -OCH3 is 1. The van der Waals surface area contributed by atoms with Crippen molar-refractivity contribution in [3.8, 4) is 0 Å². The Hall–Kier alpha value is -2.58. The summed E-state index contributed by atoms with van der Waals surface area (Å²) in [4.78, 5) is 25.3. The van der Waals surface area contributed by atoms with Gasteiger partial charge in [-0.3, -0.25) is 0 Å². The largest absolute Gasteiger partial charge is 0.465 e. The highest BCUT2D eigenvalue weighted by molar-refractivity contribution is 5.93. The maximum Gasteiger partial charge on any atom is 0.342 e. The lowest BCUT2D eigenvalue weighted by atomic mass is 9.74.